The van der Waals surface area contributed by atoms with E-state index in [4.69, 9.17) is 16.3 Å². The fourth-order valence-corrected chi connectivity index (χ4v) is 4.03. The van der Waals surface area contributed by atoms with Crippen molar-refractivity contribution in [3.8, 4) is 0 Å². The van der Waals surface area contributed by atoms with Gasteiger partial charge in [0, 0.05) is 13.0 Å². The van der Waals surface area contributed by atoms with Gasteiger partial charge in [0.1, 0.15) is 12.0 Å². The molecule has 142 valence electrons. The zero-order chi connectivity index (χ0) is 18.4. The predicted molar refractivity (Wildman–Crippen MR) is 101 cm³/mol. The summed E-state index contributed by atoms with van der Waals surface area (Å²) in [5, 5.41) is 6.10. The quantitative estimate of drug-likeness (QED) is 0.611. The normalized spacial score (nSPS) is 22.0. The summed E-state index contributed by atoms with van der Waals surface area (Å²) in [5.74, 6) is -0.341. The summed E-state index contributed by atoms with van der Waals surface area (Å²) in [4.78, 5) is 24.6. The van der Waals surface area contributed by atoms with Crippen molar-refractivity contribution in [2.75, 3.05) is 12.4 Å². The molecular weight excluding hydrogens is 352 g/mol. The van der Waals surface area contributed by atoms with E-state index in [9.17, 15) is 9.59 Å². The van der Waals surface area contributed by atoms with Crippen molar-refractivity contribution in [2.24, 2.45) is 0 Å². The number of ether oxygens (including phenoxy) is 1. The second-order valence-corrected chi connectivity index (χ2v) is 7.63. The number of alkyl halides is 1. The minimum absolute atomic E-state index is 0.0573. The van der Waals surface area contributed by atoms with Crippen LogP contribution < -0.4 is 10.6 Å². The summed E-state index contributed by atoms with van der Waals surface area (Å²) < 4.78 is 5.75. The molecule has 1 atom stereocenters. The van der Waals surface area contributed by atoms with Crippen molar-refractivity contribution in [3.05, 3.63) is 35.4 Å². The second-order valence-electron chi connectivity index (χ2n) is 7.37. The molecule has 1 aromatic carbocycles. The molecule has 0 saturated heterocycles. The number of nitrogens with one attached hydrogen (secondary N) is 2. The van der Waals surface area contributed by atoms with Gasteiger partial charge in [0.15, 0.2) is 0 Å². The van der Waals surface area contributed by atoms with Crippen LogP contribution in [0.5, 0.6) is 0 Å². The molecule has 0 radical (unpaired) electrons. The maximum atomic E-state index is 12.7. The van der Waals surface area contributed by atoms with Gasteiger partial charge in [-0.15, -0.1) is 11.6 Å². The van der Waals surface area contributed by atoms with Crippen LogP contribution in [0.15, 0.2) is 24.3 Å². The smallest absolute Gasteiger partial charge is 0.249 e. The van der Waals surface area contributed by atoms with Crippen LogP contribution >= 0.6 is 11.6 Å². The molecule has 1 unspecified atom stereocenters. The van der Waals surface area contributed by atoms with E-state index >= 15 is 0 Å². The predicted octanol–water partition coefficient (Wildman–Crippen LogP) is 2.69. The lowest BCUT2D eigenvalue weighted by Crippen LogP contribution is -2.57. The van der Waals surface area contributed by atoms with Crippen LogP contribution in [0.25, 0.3) is 0 Å². The van der Waals surface area contributed by atoms with Gasteiger partial charge in [0.25, 0.3) is 0 Å². The second kappa shape index (κ2) is 8.87. The molecule has 2 amide bonds. The highest BCUT2D eigenvalue weighted by Gasteiger charge is 2.34. The number of carbonyl (C=O) groups is 2. The van der Waals surface area contributed by atoms with E-state index in [2.05, 4.69) is 10.6 Å². The minimum Gasteiger partial charge on any atom is -0.363 e. The Balaban J connectivity index is 1.61. The highest BCUT2D eigenvalue weighted by molar-refractivity contribution is 6.27. The number of amides is 2. The molecule has 0 spiro atoms. The van der Waals surface area contributed by atoms with Crippen LogP contribution in [-0.4, -0.2) is 35.9 Å². The Labute approximate surface area is 159 Å². The van der Waals surface area contributed by atoms with E-state index < -0.39 is 11.6 Å². The Kier molecular flexibility index (Phi) is 6.54. The fraction of sp³-hybridized carbons (Fsp3) is 0.600. The number of carbonyl (C=O) groups excluding carboxylic acids is 2. The van der Waals surface area contributed by atoms with Crippen LogP contribution in [0.3, 0.4) is 0 Å². The van der Waals surface area contributed by atoms with E-state index in [1.165, 1.54) is 5.56 Å². The Hall–Kier alpha value is -1.59. The lowest BCUT2D eigenvalue weighted by molar-refractivity contribution is -0.135. The van der Waals surface area contributed by atoms with Crippen LogP contribution in [0.2, 0.25) is 0 Å². The number of benzene rings is 1. The monoisotopic (exact) mass is 378 g/mol. The number of halogens is 1. The molecule has 1 fully saturated rings. The summed E-state index contributed by atoms with van der Waals surface area (Å²) in [7, 11) is 0. The summed E-state index contributed by atoms with van der Waals surface area (Å²) in [6.07, 6.45) is 6.26. The first-order valence-electron chi connectivity index (χ1n) is 9.45. The molecule has 3 rings (SSSR count). The van der Waals surface area contributed by atoms with Gasteiger partial charge in [-0.1, -0.05) is 49.9 Å². The van der Waals surface area contributed by atoms with E-state index in [0.717, 1.165) is 44.1 Å². The van der Waals surface area contributed by atoms with E-state index in [1.807, 2.05) is 24.3 Å². The zero-order valence-electron chi connectivity index (χ0n) is 15.1. The van der Waals surface area contributed by atoms with E-state index in [-0.39, 0.29) is 17.7 Å². The van der Waals surface area contributed by atoms with Crippen LogP contribution in [0, 0.1) is 0 Å². The zero-order valence-corrected chi connectivity index (χ0v) is 15.8. The van der Waals surface area contributed by atoms with Crippen molar-refractivity contribution in [2.45, 2.75) is 63.2 Å². The average molecular weight is 379 g/mol. The summed E-state index contributed by atoms with van der Waals surface area (Å²) >= 11 is 5.69. The third-order valence-electron chi connectivity index (χ3n) is 5.44. The molecule has 6 heteroatoms. The van der Waals surface area contributed by atoms with Crippen LogP contribution in [-0.2, 0) is 27.4 Å². The van der Waals surface area contributed by atoms with Crippen molar-refractivity contribution in [3.63, 3.8) is 0 Å². The molecule has 5 nitrogen and oxygen atoms in total. The maximum absolute atomic E-state index is 12.7. The molecule has 0 bridgehead atoms. The number of fused-ring (bicyclic) bond motifs is 1. The van der Waals surface area contributed by atoms with Gasteiger partial charge in [0.2, 0.25) is 11.8 Å². The Morgan fingerprint density at radius 3 is 2.50 bits per heavy atom. The van der Waals surface area contributed by atoms with E-state index in [1.54, 1.807) is 0 Å². The van der Waals surface area contributed by atoms with Gasteiger partial charge in [-0.25, -0.2) is 0 Å². The highest BCUT2D eigenvalue weighted by atomic mass is 35.5. The Bertz CT molecular complexity index is 642. The highest BCUT2D eigenvalue weighted by Crippen LogP contribution is 2.27. The van der Waals surface area contributed by atoms with Crippen molar-refractivity contribution < 1.29 is 14.3 Å². The number of hydrogen-bond acceptors (Lipinski definition) is 3. The lowest BCUT2D eigenvalue weighted by atomic mass is 9.89. The van der Waals surface area contributed by atoms with Crippen molar-refractivity contribution in [1.29, 1.82) is 0 Å². The van der Waals surface area contributed by atoms with Crippen molar-refractivity contribution >= 4 is 23.4 Å². The molecule has 1 saturated carbocycles. The molecule has 1 aliphatic heterocycles. The fourth-order valence-electron chi connectivity index (χ4n) is 3.97. The number of rotatable bonds is 5. The van der Waals surface area contributed by atoms with Gasteiger partial charge >= 0.3 is 0 Å². The maximum Gasteiger partial charge on any atom is 0.249 e. The Morgan fingerprint density at radius 2 is 1.81 bits per heavy atom. The molecule has 2 N–H and O–H groups in total. The molecule has 1 aromatic rings. The molecule has 2 aliphatic rings. The third kappa shape index (κ3) is 4.77. The van der Waals surface area contributed by atoms with E-state index in [0.29, 0.717) is 19.6 Å². The molecule has 26 heavy (non-hydrogen) atoms. The molecule has 1 aliphatic carbocycles. The lowest BCUT2D eigenvalue weighted by Gasteiger charge is -2.35. The van der Waals surface area contributed by atoms with Gasteiger partial charge < -0.3 is 15.4 Å². The van der Waals surface area contributed by atoms with Gasteiger partial charge in [0.05, 0.1) is 12.1 Å². The first-order chi connectivity index (χ1) is 12.6. The largest absolute Gasteiger partial charge is 0.363 e. The molecule has 1 heterocycles. The van der Waals surface area contributed by atoms with Gasteiger partial charge in [-0.2, -0.15) is 0 Å². The minimum atomic E-state index is -0.476. The van der Waals surface area contributed by atoms with Gasteiger partial charge in [-0.05, 0) is 24.0 Å². The number of hydrogen-bond donors (Lipinski definition) is 2. The third-order valence-corrected chi connectivity index (χ3v) is 5.69. The molecule has 0 aromatic heterocycles. The SMILES string of the molecule is O=C(CCl)NC1(CNC(=O)C2Cc3ccccc3CO2)CCCCCC1. The average Bonchev–Trinajstić information content (AvgIpc) is 2.91. The van der Waals surface area contributed by atoms with Crippen LogP contribution in [0.1, 0.15) is 49.7 Å². The first kappa shape index (κ1) is 19.2. The van der Waals surface area contributed by atoms with Crippen LogP contribution in [0.4, 0.5) is 0 Å². The standard InChI is InChI=1S/C20H27ClN2O3/c21-12-18(24)23-20(9-5-1-2-6-10-20)14-22-19(25)17-11-15-7-3-4-8-16(15)13-26-17/h3-4,7-8,17H,1-2,5-6,9-14H2,(H,22,25)(H,23,24). The first-order valence-corrected chi connectivity index (χ1v) is 9.98. The summed E-state index contributed by atoms with van der Waals surface area (Å²) in [6, 6.07) is 8.05. The summed E-state index contributed by atoms with van der Waals surface area (Å²) in [5.41, 5.74) is 1.91. The van der Waals surface area contributed by atoms with Crippen molar-refractivity contribution in [1.82, 2.24) is 10.6 Å². The summed E-state index contributed by atoms with van der Waals surface area (Å²) in [6.45, 7) is 0.887. The Morgan fingerprint density at radius 1 is 1.12 bits per heavy atom. The topological polar surface area (TPSA) is 67.4 Å². The molecular formula is C20H27ClN2O3. The van der Waals surface area contributed by atoms with Gasteiger partial charge in [-0.3, -0.25) is 9.59 Å².